The molecule has 1 aromatic carbocycles. The molecule has 3 heterocycles. The molecule has 0 N–H and O–H groups in total. The highest BCUT2D eigenvalue weighted by atomic mass is 19.3. The lowest BCUT2D eigenvalue weighted by Crippen LogP contribution is -2.47. The number of hydrogen-bond acceptors (Lipinski definition) is 5. The van der Waals surface area contributed by atoms with Gasteiger partial charge in [-0.25, -0.2) is 8.78 Å². The van der Waals surface area contributed by atoms with Gasteiger partial charge in [0.15, 0.2) is 5.65 Å². The van der Waals surface area contributed by atoms with Gasteiger partial charge in [-0.15, -0.1) is 15.3 Å². The predicted molar refractivity (Wildman–Crippen MR) is 86.6 cm³/mol. The molecule has 0 radical (unpaired) electrons. The molecule has 0 bridgehead atoms. The first-order valence-corrected chi connectivity index (χ1v) is 7.78. The lowest BCUT2D eigenvalue weighted by Gasteiger charge is -2.36. The lowest BCUT2D eigenvalue weighted by molar-refractivity contribution is 0.137. The molecule has 4 rings (SSSR count). The van der Waals surface area contributed by atoms with Crippen LogP contribution in [-0.4, -0.2) is 46.0 Å². The number of fused-ring (bicyclic) bond motifs is 1. The molecule has 1 aliphatic heterocycles. The third kappa shape index (κ3) is 2.64. The number of anilines is 2. The minimum atomic E-state index is -2.70. The zero-order valence-corrected chi connectivity index (χ0v) is 12.9. The Hall–Kier alpha value is -2.77. The highest BCUT2D eigenvalue weighted by molar-refractivity contribution is 5.50. The second-order valence-electron chi connectivity index (χ2n) is 5.63. The van der Waals surface area contributed by atoms with Crippen LogP contribution in [0.15, 0.2) is 42.5 Å². The maximum atomic E-state index is 13.0. The molecule has 1 saturated heterocycles. The van der Waals surface area contributed by atoms with Gasteiger partial charge < -0.3 is 9.80 Å². The van der Waals surface area contributed by atoms with Crippen LogP contribution in [0.1, 0.15) is 12.2 Å². The number of hydrogen-bond donors (Lipinski definition) is 0. The summed E-state index contributed by atoms with van der Waals surface area (Å²) < 4.78 is 27.0. The first-order valence-electron chi connectivity index (χ1n) is 7.78. The molecule has 0 amide bonds. The third-order valence-electron chi connectivity index (χ3n) is 4.19. The quantitative estimate of drug-likeness (QED) is 0.738. The van der Waals surface area contributed by atoms with Crippen molar-refractivity contribution in [2.24, 2.45) is 0 Å². The van der Waals surface area contributed by atoms with E-state index in [0.29, 0.717) is 11.5 Å². The Morgan fingerprint density at radius 1 is 0.833 bits per heavy atom. The van der Waals surface area contributed by atoms with Crippen LogP contribution in [0.4, 0.5) is 20.3 Å². The van der Waals surface area contributed by atoms with Crippen molar-refractivity contribution in [3.8, 4) is 0 Å². The largest absolute Gasteiger partial charge is 0.368 e. The Morgan fingerprint density at radius 2 is 1.54 bits per heavy atom. The molecule has 0 atom stereocenters. The van der Waals surface area contributed by atoms with Crippen LogP contribution in [0.25, 0.3) is 5.65 Å². The zero-order valence-electron chi connectivity index (χ0n) is 12.9. The number of nitrogens with zero attached hydrogens (tertiary/aromatic N) is 6. The average molecular weight is 330 g/mol. The molecule has 3 aromatic rings. The summed E-state index contributed by atoms with van der Waals surface area (Å²) in [5, 5.41) is 11.5. The number of aromatic nitrogens is 4. The van der Waals surface area contributed by atoms with E-state index >= 15 is 0 Å². The van der Waals surface area contributed by atoms with E-state index in [0.717, 1.165) is 30.7 Å². The molecule has 2 aromatic heterocycles. The van der Waals surface area contributed by atoms with E-state index in [-0.39, 0.29) is 0 Å². The Morgan fingerprint density at radius 3 is 2.25 bits per heavy atom. The monoisotopic (exact) mass is 330 g/mol. The maximum absolute atomic E-state index is 13.0. The zero-order chi connectivity index (χ0) is 16.5. The summed E-state index contributed by atoms with van der Waals surface area (Å²) in [6.07, 6.45) is -2.70. The number of rotatable bonds is 3. The summed E-state index contributed by atoms with van der Waals surface area (Å²) in [5.41, 5.74) is 1.52. The maximum Gasteiger partial charge on any atom is 0.299 e. The summed E-state index contributed by atoms with van der Waals surface area (Å²) in [7, 11) is 0. The van der Waals surface area contributed by atoms with Crippen molar-refractivity contribution in [2.45, 2.75) is 6.43 Å². The third-order valence-corrected chi connectivity index (χ3v) is 4.19. The summed E-state index contributed by atoms with van der Waals surface area (Å²) in [5.74, 6) is 0.242. The number of halogens is 2. The SMILES string of the molecule is FC(F)c1nnc2ccc(N3CCN(c4ccccc4)CC3)nn12. The van der Waals surface area contributed by atoms with Gasteiger partial charge in [-0.2, -0.15) is 4.52 Å². The normalized spacial score (nSPS) is 15.5. The molecule has 0 aliphatic carbocycles. The van der Waals surface area contributed by atoms with Crippen molar-refractivity contribution in [3.05, 3.63) is 48.3 Å². The minimum Gasteiger partial charge on any atom is -0.368 e. The summed E-state index contributed by atoms with van der Waals surface area (Å²) in [4.78, 5) is 4.40. The predicted octanol–water partition coefficient (Wildman–Crippen LogP) is 2.39. The van der Waals surface area contributed by atoms with Crippen molar-refractivity contribution in [2.75, 3.05) is 36.0 Å². The second kappa shape index (κ2) is 6.03. The Kier molecular flexibility index (Phi) is 3.72. The number of piperazine rings is 1. The van der Waals surface area contributed by atoms with Crippen LogP contribution in [0.5, 0.6) is 0 Å². The standard InChI is InChI=1S/C16H16F2N6/c17-15(18)16-20-19-13-6-7-14(21-24(13)16)23-10-8-22(9-11-23)12-4-2-1-3-5-12/h1-7,15H,8-11H2. The van der Waals surface area contributed by atoms with Gasteiger partial charge in [-0.1, -0.05) is 18.2 Å². The number of benzene rings is 1. The van der Waals surface area contributed by atoms with Crippen molar-refractivity contribution in [1.29, 1.82) is 0 Å². The molecule has 0 saturated carbocycles. The van der Waals surface area contributed by atoms with Gasteiger partial charge in [0.2, 0.25) is 5.82 Å². The molecule has 8 heteroatoms. The van der Waals surface area contributed by atoms with Gasteiger partial charge >= 0.3 is 0 Å². The van der Waals surface area contributed by atoms with E-state index in [1.807, 2.05) is 18.2 Å². The second-order valence-corrected chi connectivity index (χ2v) is 5.63. The minimum absolute atomic E-state index is 0.331. The smallest absolute Gasteiger partial charge is 0.299 e. The van der Waals surface area contributed by atoms with Crippen LogP contribution < -0.4 is 9.80 Å². The lowest BCUT2D eigenvalue weighted by atomic mass is 10.2. The topological polar surface area (TPSA) is 49.6 Å². The Labute approximate surface area is 137 Å². The molecule has 124 valence electrons. The molecular formula is C16H16F2N6. The van der Waals surface area contributed by atoms with Crippen molar-refractivity contribution in [1.82, 2.24) is 19.8 Å². The van der Waals surface area contributed by atoms with Gasteiger partial charge in [0, 0.05) is 31.9 Å². The van der Waals surface area contributed by atoms with Crippen molar-refractivity contribution < 1.29 is 8.78 Å². The van der Waals surface area contributed by atoms with Crippen LogP contribution in [0.3, 0.4) is 0 Å². The van der Waals surface area contributed by atoms with Gasteiger partial charge in [0.1, 0.15) is 5.82 Å². The van der Waals surface area contributed by atoms with E-state index < -0.39 is 12.2 Å². The Balaban J connectivity index is 1.53. The molecule has 1 aliphatic rings. The fourth-order valence-electron chi connectivity index (χ4n) is 2.93. The van der Waals surface area contributed by atoms with Crippen LogP contribution in [-0.2, 0) is 0 Å². The fourth-order valence-corrected chi connectivity index (χ4v) is 2.93. The summed E-state index contributed by atoms with van der Waals surface area (Å²) >= 11 is 0. The van der Waals surface area contributed by atoms with E-state index in [9.17, 15) is 8.78 Å². The van der Waals surface area contributed by atoms with Crippen molar-refractivity contribution >= 4 is 17.2 Å². The number of alkyl halides is 2. The molecule has 24 heavy (non-hydrogen) atoms. The number of para-hydroxylation sites is 1. The first kappa shape index (κ1) is 14.8. The van der Waals surface area contributed by atoms with Gasteiger partial charge in [0.25, 0.3) is 6.43 Å². The van der Waals surface area contributed by atoms with Gasteiger partial charge in [-0.05, 0) is 24.3 Å². The highest BCUT2D eigenvalue weighted by Gasteiger charge is 2.21. The molecule has 6 nitrogen and oxygen atoms in total. The highest BCUT2D eigenvalue weighted by Crippen LogP contribution is 2.21. The van der Waals surface area contributed by atoms with E-state index in [1.165, 1.54) is 5.69 Å². The Bertz CT molecular complexity index is 827. The van der Waals surface area contributed by atoms with E-state index in [1.54, 1.807) is 12.1 Å². The van der Waals surface area contributed by atoms with Gasteiger partial charge in [-0.3, -0.25) is 0 Å². The first-order chi connectivity index (χ1) is 11.7. The van der Waals surface area contributed by atoms with Crippen LogP contribution in [0.2, 0.25) is 0 Å². The summed E-state index contributed by atoms with van der Waals surface area (Å²) in [6.45, 7) is 3.26. The van der Waals surface area contributed by atoms with Crippen molar-refractivity contribution in [3.63, 3.8) is 0 Å². The molecular weight excluding hydrogens is 314 g/mol. The molecule has 1 fully saturated rings. The fraction of sp³-hybridized carbons (Fsp3) is 0.312. The molecule has 0 spiro atoms. The van der Waals surface area contributed by atoms with E-state index in [2.05, 4.69) is 37.2 Å². The van der Waals surface area contributed by atoms with Crippen LogP contribution >= 0.6 is 0 Å². The molecule has 0 unspecified atom stereocenters. The van der Waals surface area contributed by atoms with Gasteiger partial charge in [0.05, 0.1) is 0 Å². The summed E-state index contributed by atoms with van der Waals surface area (Å²) in [6, 6.07) is 13.7. The average Bonchev–Trinajstić information content (AvgIpc) is 3.06. The van der Waals surface area contributed by atoms with Crippen LogP contribution in [0, 0.1) is 0 Å². The van der Waals surface area contributed by atoms with E-state index in [4.69, 9.17) is 0 Å².